The summed E-state index contributed by atoms with van der Waals surface area (Å²) in [5.74, 6) is 1.57. The number of rotatable bonds is 6. The van der Waals surface area contributed by atoms with Crippen LogP contribution in [0.4, 0.5) is 0 Å². The summed E-state index contributed by atoms with van der Waals surface area (Å²) in [5, 5.41) is 5.75. The van der Waals surface area contributed by atoms with Gasteiger partial charge < -0.3 is 10.1 Å². The van der Waals surface area contributed by atoms with E-state index in [-0.39, 0.29) is 6.04 Å². The Hall–Kier alpha value is -1.39. The van der Waals surface area contributed by atoms with E-state index in [1.54, 1.807) is 13.4 Å². The predicted molar refractivity (Wildman–Crippen MR) is 85.7 cm³/mol. The standard InChI is InChI=1S/C16H21NO2S/c1-12(11-20(3)18)17-10-13-8-9-16(19-2)15-7-5-4-6-14(13)15/h4-9,12,17H,10-11H2,1-3H3. The Bertz CT molecular complexity index is 612. The molecule has 0 saturated carbocycles. The second-order valence-electron chi connectivity index (χ2n) is 4.99. The Morgan fingerprint density at radius 2 is 1.90 bits per heavy atom. The van der Waals surface area contributed by atoms with E-state index < -0.39 is 10.8 Å². The van der Waals surface area contributed by atoms with Gasteiger partial charge in [0.25, 0.3) is 0 Å². The van der Waals surface area contributed by atoms with Crippen LogP contribution in [0, 0.1) is 0 Å². The number of ether oxygens (including phenoxy) is 1. The Balaban J connectivity index is 2.21. The van der Waals surface area contributed by atoms with Crippen LogP contribution in [0.5, 0.6) is 5.75 Å². The summed E-state index contributed by atoms with van der Waals surface area (Å²) in [7, 11) is 0.925. The monoisotopic (exact) mass is 291 g/mol. The van der Waals surface area contributed by atoms with Crippen LogP contribution in [0.15, 0.2) is 36.4 Å². The zero-order valence-corrected chi connectivity index (χ0v) is 13.0. The van der Waals surface area contributed by atoms with Crippen LogP contribution < -0.4 is 10.1 Å². The Kier molecular flexibility index (Phi) is 5.15. The van der Waals surface area contributed by atoms with Crippen LogP contribution in [0.3, 0.4) is 0 Å². The Labute approximate surface area is 122 Å². The van der Waals surface area contributed by atoms with E-state index in [1.807, 2.05) is 18.2 Å². The van der Waals surface area contributed by atoms with Gasteiger partial charge in [0, 0.05) is 40.8 Å². The van der Waals surface area contributed by atoms with Gasteiger partial charge in [-0.05, 0) is 23.9 Å². The molecule has 1 N–H and O–H groups in total. The lowest BCUT2D eigenvalue weighted by Gasteiger charge is -2.15. The fourth-order valence-corrected chi connectivity index (χ4v) is 3.18. The largest absolute Gasteiger partial charge is 0.496 e. The van der Waals surface area contributed by atoms with E-state index in [1.165, 1.54) is 10.9 Å². The van der Waals surface area contributed by atoms with Crippen molar-refractivity contribution in [1.82, 2.24) is 5.32 Å². The molecule has 0 fully saturated rings. The molecule has 0 radical (unpaired) electrons. The maximum Gasteiger partial charge on any atom is 0.126 e. The summed E-state index contributed by atoms with van der Waals surface area (Å²) in [4.78, 5) is 0. The molecule has 108 valence electrons. The summed E-state index contributed by atoms with van der Waals surface area (Å²) in [6.07, 6.45) is 1.74. The number of hydrogen-bond donors (Lipinski definition) is 1. The molecule has 0 aliphatic rings. The Morgan fingerprint density at radius 3 is 2.55 bits per heavy atom. The number of benzene rings is 2. The van der Waals surface area contributed by atoms with Gasteiger partial charge >= 0.3 is 0 Å². The van der Waals surface area contributed by atoms with E-state index in [9.17, 15) is 4.21 Å². The lowest BCUT2D eigenvalue weighted by molar-refractivity contribution is 0.419. The minimum absolute atomic E-state index is 0.238. The quantitative estimate of drug-likeness (QED) is 0.889. The average molecular weight is 291 g/mol. The fraction of sp³-hybridized carbons (Fsp3) is 0.375. The number of hydrogen-bond acceptors (Lipinski definition) is 3. The van der Waals surface area contributed by atoms with Crippen molar-refractivity contribution < 1.29 is 8.95 Å². The third-order valence-electron chi connectivity index (χ3n) is 3.32. The van der Waals surface area contributed by atoms with E-state index >= 15 is 0 Å². The maximum atomic E-state index is 11.2. The van der Waals surface area contributed by atoms with Gasteiger partial charge in [-0.2, -0.15) is 0 Å². The molecule has 2 rings (SSSR count). The second kappa shape index (κ2) is 6.86. The predicted octanol–water partition coefficient (Wildman–Crippen LogP) is 2.71. The van der Waals surface area contributed by atoms with Crippen LogP contribution in [0.25, 0.3) is 10.8 Å². The minimum Gasteiger partial charge on any atom is -0.496 e. The minimum atomic E-state index is -0.768. The van der Waals surface area contributed by atoms with E-state index in [0.717, 1.165) is 17.7 Å². The first-order valence-electron chi connectivity index (χ1n) is 6.70. The molecule has 4 heteroatoms. The van der Waals surface area contributed by atoms with Crippen molar-refractivity contribution in [2.45, 2.75) is 19.5 Å². The molecule has 20 heavy (non-hydrogen) atoms. The van der Waals surface area contributed by atoms with Gasteiger partial charge in [0.2, 0.25) is 0 Å². The third-order valence-corrected chi connectivity index (χ3v) is 4.29. The van der Waals surface area contributed by atoms with Crippen molar-refractivity contribution in [3.05, 3.63) is 42.0 Å². The molecule has 0 amide bonds. The van der Waals surface area contributed by atoms with Crippen LogP contribution in [0.2, 0.25) is 0 Å². The number of methoxy groups -OCH3 is 1. The van der Waals surface area contributed by atoms with Gasteiger partial charge in [-0.1, -0.05) is 30.3 Å². The van der Waals surface area contributed by atoms with E-state index in [0.29, 0.717) is 5.75 Å². The highest BCUT2D eigenvalue weighted by Crippen LogP contribution is 2.28. The van der Waals surface area contributed by atoms with Gasteiger partial charge in [0.05, 0.1) is 7.11 Å². The van der Waals surface area contributed by atoms with Crippen molar-refractivity contribution in [3.8, 4) is 5.75 Å². The van der Waals surface area contributed by atoms with Gasteiger partial charge in [-0.25, -0.2) is 0 Å². The molecule has 2 aromatic rings. The van der Waals surface area contributed by atoms with Crippen LogP contribution in [-0.4, -0.2) is 29.4 Å². The zero-order valence-electron chi connectivity index (χ0n) is 12.2. The highest BCUT2D eigenvalue weighted by Gasteiger charge is 2.08. The SMILES string of the molecule is COc1ccc(CNC(C)CS(C)=O)c2ccccc12. The van der Waals surface area contributed by atoms with Crippen LogP contribution in [0.1, 0.15) is 12.5 Å². The molecule has 0 heterocycles. The number of fused-ring (bicyclic) bond motifs is 1. The molecular weight excluding hydrogens is 270 g/mol. The third kappa shape index (κ3) is 3.58. The average Bonchev–Trinajstić information content (AvgIpc) is 2.44. The van der Waals surface area contributed by atoms with Gasteiger partial charge in [-0.3, -0.25) is 4.21 Å². The fourth-order valence-electron chi connectivity index (χ4n) is 2.36. The molecule has 0 bridgehead atoms. The molecule has 0 aliphatic heterocycles. The highest BCUT2D eigenvalue weighted by atomic mass is 32.2. The highest BCUT2D eigenvalue weighted by molar-refractivity contribution is 7.84. The maximum absolute atomic E-state index is 11.2. The summed E-state index contributed by atoms with van der Waals surface area (Å²) in [5.41, 5.74) is 1.23. The zero-order chi connectivity index (χ0) is 14.5. The molecule has 3 nitrogen and oxygen atoms in total. The van der Waals surface area contributed by atoms with Gasteiger partial charge in [0.15, 0.2) is 0 Å². The van der Waals surface area contributed by atoms with Crippen molar-refractivity contribution in [2.24, 2.45) is 0 Å². The second-order valence-corrected chi connectivity index (χ2v) is 6.47. The summed E-state index contributed by atoms with van der Waals surface area (Å²) in [6, 6.07) is 12.6. The summed E-state index contributed by atoms with van der Waals surface area (Å²) >= 11 is 0. The first-order valence-corrected chi connectivity index (χ1v) is 8.42. The molecule has 0 saturated heterocycles. The Morgan fingerprint density at radius 1 is 1.20 bits per heavy atom. The number of nitrogens with one attached hydrogen (secondary N) is 1. The topological polar surface area (TPSA) is 38.3 Å². The first kappa shape index (κ1) is 15.0. The summed E-state index contributed by atoms with van der Waals surface area (Å²) < 4.78 is 16.6. The molecule has 0 spiro atoms. The molecular formula is C16H21NO2S. The molecule has 2 unspecified atom stereocenters. The molecule has 0 aromatic heterocycles. The van der Waals surface area contributed by atoms with Crippen LogP contribution in [-0.2, 0) is 17.3 Å². The van der Waals surface area contributed by atoms with Gasteiger partial charge in [-0.15, -0.1) is 0 Å². The van der Waals surface area contributed by atoms with E-state index in [2.05, 4.69) is 30.4 Å². The van der Waals surface area contributed by atoms with Crippen molar-refractivity contribution >= 4 is 21.6 Å². The van der Waals surface area contributed by atoms with Crippen molar-refractivity contribution in [3.63, 3.8) is 0 Å². The van der Waals surface area contributed by atoms with Crippen molar-refractivity contribution in [2.75, 3.05) is 19.1 Å². The van der Waals surface area contributed by atoms with Crippen molar-refractivity contribution in [1.29, 1.82) is 0 Å². The molecule has 2 aromatic carbocycles. The van der Waals surface area contributed by atoms with Crippen LogP contribution >= 0.6 is 0 Å². The lowest BCUT2D eigenvalue weighted by Crippen LogP contribution is -2.30. The molecule has 2 atom stereocenters. The normalized spacial score (nSPS) is 14.2. The van der Waals surface area contributed by atoms with E-state index in [4.69, 9.17) is 4.74 Å². The smallest absolute Gasteiger partial charge is 0.126 e. The summed E-state index contributed by atoms with van der Waals surface area (Å²) in [6.45, 7) is 2.83. The van der Waals surface area contributed by atoms with Gasteiger partial charge in [0.1, 0.15) is 5.75 Å². The first-order chi connectivity index (χ1) is 9.61. The molecule has 0 aliphatic carbocycles. The lowest BCUT2D eigenvalue weighted by atomic mass is 10.0.